The number of hydrogen-bond donors (Lipinski definition) is 0. The SMILES string of the molecule is COC(=O)Cc1ccccc1-c1ccccc1CBr. The normalized spacial score (nSPS) is 10.2. The molecule has 2 aromatic rings. The average Bonchev–Trinajstić information content (AvgIpc) is 2.47. The van der Waals surface area contributed by atoms with E-state index in [-0.39, 0.29) is 5.97 Å². The number of rotatable bonds is 4. The van der Waals surface area contributed by atoms with Gasteiger partial charge in [-0.05, 0) is 22.3 Å². The van der Waals surface area contributed by atoms with Crippen molar-refractivity contribution in [1.82, 2.24) is 0 Å². The summed E-state index contributed by atoms with van der Waals surface area (Å²) < 4.78 is 4.75. The van der Waals surface area contributed by atoms with Crippen molar-refractivity contribution in [3.05, 3.63) is 59.7 Å². The van der Waals surface area contributed by atoms with E-state index < -0.39 is 0 Å². The first-order valence-electron chi connectivity index (χ1n) is 6.05. The Labute approximate surface area is 121 Å². The summed E-state index contributed by atoms with van der Waals surface area (Å²) in [6, 6.07) is 16.1. The van der Waals surface area contributed by atoms with Crippen molar-refractivity contribution in [2.75, 3.05) is 7.11 Å². The lowest BCUT2D eigenvalue weighted by molar-refractivity contribution is -0.139. The number of methoxy groups -OCH3 is 1. The molecule has 0 saturated heterocycles. The minimum absolute atomic E-state index is 0.219. The highest BCUT2D eigenvalue weighted by molar-refractivity contribution is 9.08. The summed E-state index contributed by atoms with van der Waals surface area (Å²) in [5, 5.41) is 0.787. The van der Waals surface area contributed by atoms with Gasteiger partial charge in [0.05, 0.1) is 13.5 Å². The molecule has 0 aliphatic carbocycles. The van der Waals surface area contributed by atoms with Gasteiger partial charge in [-0.3, -0.25) is 4.79 Å². The summed E-state index contributed by atoms with van der Waals surface area (Å²) in [7, 11) is 1.41. The van der Waals surface area contributed by atoms with Gasteiger partial charge >= 0.3 is 5.97 Å². The number of halogens is 1. The molecule has 3 heteroatoms. The van der Waals surface area contributed by atoms with E-state index in [0.29, 0.717) is 6.42 Å². The minimum Gasteiger partial charge on any atom is -0.469 e. The minimum atomic E-state index is -0.219. The zero-order valence-corrected chi connectivity index (χ0v) is 12.3. The summed E-state index contributed by atoms with van der Waals surface area (Å²) >= 11 is 3.50. The standard InChI is InChI=1S/C16H15BrO2/c1-19-16(18)10-12-6-2-4-8-14(12)15-9-5-3-7-13(15)11-17/h2-9H,10-11H2,1H3. The molecule has 0 spiro atoms. The van der Waals surface area contributed by atoms with Crippen LogP contribution in [0.4, 0.5) is 0 Å². The Bertz CT molecular complexity index is 578. The van der Waals surface area contributed by atoms with Gasteiger partial charge in [-0.1, -0.05) is 64.5 Å². The van der Waals surface area contributed by atoms with E-state index >= 15 is 0 Å². The number of carbonyl (C=O) groups excluding carboxylic acids is 1. The van der Waals surface area contributed by atoms with E-state index in [1.807, 2.05) is 36.4 Å². The van der Waals surface area contributed by atoms with Gasteiger partial charge in [0.15, 0.2) is 0 Å². The first-order valence-corrected chi connectivity index (χ1v) is 7.17. The average molecular weight is 319 g/mol. The molecule has 2 rings (SSSR count). The molecule has 2 nitrogen and oxygen atoms in total. The second-order valence-corrected chi connectivity index (χ2v) is 4.76. The van der Waals surface area contributed by atoms with Crippen LogP contribution in [0.1, 0.15) is 11.1 Å². The molecule has 0 saturated carbocycles. The monoisotopic (exact) mass is 318 g/mol. The predicted octanol–water partition coefficient (Wildman–Crippen LogP) is 3.96. The highest BCUT2D eigenvalue weighted by Gasteiger charge is 2.11. The quantitative estimate of drug-likeness (QED) is 0.630. The predicted molar refractivity (Wildman–Crippen MR) is 80.2 cm³/mol. The van der Waals surface area contributed by atoms with Gasteiger partial charge in [0, 0.05) is 5.33 Å². The fourth-order valence-electron chi connectivity index (χ4n) is 2.06. The lowest BCUT2D eigenvalue weighted by atomic mass is 9.94. The molecule has 0 bridgehead atoms. The maximum absolute atomic E-state index is 11.5. The van der Waals surface area contributed by atoms with Crippen molar-refractivity contribution in [3.8, 4) is 11.1 Å². The second-order valence-electron chi connectivity index (χ2n) is 4.20. The van der Waals surface area contributed by atoms with E-state index in [1.165, 1.54) is 12.7 Å². The number of carbonyl (C=O) groups is 1. The molecule has 0 unspecified atom stereocenters. The van der Waals surface area contributed by atoms with Crippen LogP contribution in [0.25, 0.3) is 11.1 Å². The topological polar surface area (TPSA) is 26.3 Å². The molecule has 0 radical (unpaired) electrons. The van der Waals surface area contributed by atoms with Crippen LogP contribution in [0.5, 0.6) is 0 Å². The van der Waals surface area contributed by atoms with Crippen molar-refractivity contribution >= 4 is 21.9 Å². The summed E-state index contributed by atoms with van der Waals surface area (Å²) in [4.78, 5) is 11.5. The van der Waals surface area contributed by atoms with Crippen LogP contribution in [0.15, 0.2) is 48.5 Å². The Morgan fingerprint density at radius 1 is 1.00 bits per heavy atom. The smallest absolute Gasteiger partial charge is 0.309 e. The first-order chi connectivity index (χ1) is 9.26. The van der Waals surface area contributed by atoms with E-state index in [2.05, 4.69) is 28.1 Å². The molecule has 0 atom stereocenters. The summed E-state index contributed by atoms with van der Waals surface area (Å²) in [6.45, 7) is 0. The van der Waals surface area contributed by atoms with Crippen LogP contribution < -0.4 is 0 Å². The molecule has 19 heavy (non-hydrogen) atoms. The van der Waals surface area contributed by atoms with E-state index in [0.717, 1.165) is 22.0 Å². The molecule has 98 valence electrons. The number of alkyl halides is 1. The molecular formula is C16H15BrO2. The Kier molecular flexibility index (Phi) is 4.74. The zero-order chi connectivity index (χ0) is 13.7. The highest BCUT2D eigenvalue weighted by Crippen LogP contribution is 2.28. The molecule has 0 amide bonds. The van der Waals surface area contributed by atoms with Crippen LogP contribution in [0, 0.1) is 0 Å². The highest BCUT2D eigenvalue weighted by atomic mass is 79.9. The molecule has 0 N–H and O–H groups in total. The molecule has 0 aromatic heterocycles. The van der Waals surface area contributed by atoms with Crippen molar-refractivity contribution in [3.63, 3.8) is 0 Å². The fraction of sp³-hybridized carbons (Fsp3) is 0.188. The van der Waals surface area contributed by atoms with Crippen molar-refractivity contribution in [2.24, 2.45) is 0 Å². The summed E-state index contributed by atoms with van der Waals surface area (Å²) in [5.41, 5.74) is 4.43. The maximum atomic E-state index is 11.5. The van der Waals surface area contributed by atoms with Gasteiger partial charge in [-0.2, -0.15) is 0 Å². The van der Waals surface area contributed by atoms with Crippen LogP contribution in [-0.4, -0.2) is 13.1 Å². The number of benzene rings is 2. The van der Waals surface area contributed by atoms with Crippen LogP contribution in [-0.2, 0) is 21.3 Å². The lowest BCUT2D eigenvalue weighted by Crippen LogP contribution is -2.05. The van der Waals surface area contributed by atoms with Gasteiger partial charge in [-0.15, -0.1) is 0 Å². The third-order valence-corrected chi connectivity index (χ3v) is 3.64. The Morgan fingerprint density at radius 3 is 2.11 bits per heavy atom. The third-order valence-electron chi connectivity index (χ3n) is 3.03. The largest absolute Gasteiger partial charge is 0.469 e. The molecule has 0 heterocycles. The van der Waals surface area contributed by atoms with Crippen molar-refractivity contribution in [1.29, 1.82) is 0 Å². The maximum Gasteiger partial charge on any atom is 0.309 e. The third kappa shape index (κ3) is 3.24. The number of ether oxygens (including phenoxy) is 1. The molecule has 0 fully saturated rings. The van der Waals surface area contributed by atoms with Crippen LogP contribution in [0.2, 0.25) is 0 Å². The van der Waals surface area contributed by atoms with Gasteiger partial charge in [0.25, 0.3) is 0 Å². The van der Waals surface area contributed by atoms with Gasteiger partial charge in [0.1, 0.15) is 0 Å². The summed E-state index contributed by atoms with van der Waals surface area (Å²) in [5.74, 6) is -0.219. The Balaban J connectivity index is 2.47. The van der Waals surface area contributed by atoms with Gasteiger partial charge in [0.2, 0.25) is 0 Å². The van der Waals surface area contributed by atoms with E-state index in [4.69, 9.17) is 4.74 Å². The van der Waals surface area contributed by atoms with Crippen molar-refractivity contribution < 1.29 is 9.53 Å². The first kappa shape index (κ1) is 13.8. The van der Waals surface area contributed by atoms with Crippen molar-refractivity contribution in [2.45, 2.75) is 11.8 Å². The van der Waals surface area contributed by atoms with Crippen LogP contribution >= 0.6 is 15.9 Å². The number of esters is 1. The van der Waals surface area contributed by atoms with Gasteiger partial charge in [-0.25, -0.2) is 0 Å². The molecule has 2 aromatic carbocycles. The Hall–Kier alpha value is -1.61. The molecule has 0 aliphatic rings. The Morgan fingerprint density at radius 2 is 1.53 bits per heavy atom. The van der Waals surface area contributed by atoms with Gasteiger partial charge < -0.3 is 4.74 Å². The second kappa shape index (κ2) is 6.53. The van der Waals surface area contributed by atoms with E-state index in [9.17, 15) is 4.79 Å². The number of hydrogen-bond acceptors (Lipinski definition) is 2. The summed E-state index contributed by atoms with van der Waals surface area (Å²) in [6.07, 6.45) is 0.295. The zero-order valence-electron chi connectivity index (χ0n) is 10.7. The fourth-order valence-corrected chi connectivity index (χ4v) is 2.55. The van der Waals surface area contributed by atoms with E-state index in [1.54, 1.807) is 0 Å². The van der Waals surface area contributed by atoms with Crippen LogP contribution in [0.3, 0.4) is 0 Å². The molecular weight excluding hydrogens is 304 g/mol. The molecule has 0 aliphatic heterocycles. The lowest BCUT2D eigenvalue weighted by Gasteiger charge is -2.12.